The standard InChI is InChI=1S/C13H19NO3S/c1-2-18(16,17)12-6-4-11(5-7-12)13(15)8-3-9-14-10-13/h4-7,14-15H,2-3,8-10H2,1H3. The number of piperidine rings is 1. The van der Waals surface area contributed by atoms with Crippen LogP contribution < -0.4 is 5.32 Å². The Bertz CT molecular complexity index is 502. The van der Waals surface area contributed by atoms with Crippen molar-refractivity contribution in [3.8, 4) is 0 Å². The topological polar surface area (TPSA) is 66.4 Å². The molecular formula is C13H19NO3S. The number of rotatable bonds is 3. The molecule has 0 saturated carbocycles. The molecule has 1 aromatic rings. The maximum atomic E-state index is 11.7. The monoisotopic (exact) mass is 269 g/mol. The zero-order valence-electron chi connectivity index (χ0n) is 10.5. The molecule has 2 N–H and O–H groups in total. The second-order valence-electron chi connectivity index (χ2n) is 4.74. The Morgan fingerprint density at radius 3 is 2.50 bits per heavy atom. The first-order valence-corrected chi connectivity index (χ1v) is 7.89. The lowest BCUT2D eigenvalue weighted by molar-refractivity contribution is 0.0122. The number of sulfone groups is 1. The van der Waals surface area contributed by atoms with E-state index >= 15 is 0 Å². The summed E-state index contributed by atoms with van der Waals surface area (Å²) in [6.07, 6.45) is 1.63. The van der Waals surface area contributed by atoms with Gasteiger partial charge in [-0.2, -0.15) is 0 Å². The molecule has 1 aromatic carbocycles. The average molecular weight is 269 g/mol. The van der Waals surface area contributed by atoms with Crippen molar-refractivity contribution in [1.82, 2.24) is 5.32 Å². The van der Waals surface area contributed by atoms with Crippen LogP contribution in [0.4, 0.5) is 0 Å². The van der Waals surface area contributed by atoms with E-state index in [1.165, 1.54) is 0 Å². The maximum Gasteiger partial charge on any atom is 0.178 e. The third kappa shape index (κ3) is 2.58. The third-order valence-electron chi connectivity index (χ3n) is 3.49. The number of benzene rings is 1. The molecule has 1 fully saturated rings. The number of hydrogen-bond acceptors (Lipinski definition) is 4. The van der Waals surface area contributed by atoms with Gasteiger partial charge in [0.15, 0.2) is 9.84 Å². The minimum absolute atomic E-state index is 0.0954. The number of nitrogens with one attached hydrogen (secondary N) is 1. The Morgan fingerprint density at radius 1 is 1.33 bits per heavy atom. The molecule has 100 valence electrons. The number of aliphatic hydroxyl groups is 1. The van der Waals surface area contributed by atoms with Crippen LogP contribution in [0.2, 0.25) is 0 Å². The molecular weight excluding hydrogens is 250 g/mol. The molecule has 0 aromatic heterocycles. The van der Waals surface area contributed by atoms with Crippen molar-refractivity contribution in [3.63, 3.8) is 0 Å². The summed E-state index contributed by atoms with van der Waals surface area (Å²) in [5.74, 6) is 0.0954. The third-order valence-corrected chi connectivity index (χ3v) is 5.24. The Kier molecular flexibility index (Phi) is 3.75. The molecule has 5 heteroatoms. The lowest BCUT2D eigenvalue weighted by atomic mass is 9.87. The van der Waals surface area contributed by atoms with Gasteiger partial charge in [0, 0.05) is 6.54 Å². The van der Waals surface area contributed by atoms with Gasteiger partial charge in [-0.15, -0.1) is 0 Å². The SMILES string of the molecule is CCS(=O)(=O)c1ccc(C2(O)CCCNC2)cc1. The van der Waals surface area contributed by atoms with Crippen LogP contribution in [0.3, 0.4) is 0 Å². The normalized spacial score (nSPS) is 25.0. The number of hydrogen-bond donors (Lipinski definition) is 2. The zero-order chi connectivity index (χ0) is 13.2. The summed E-state index contributed by atoms with van der Waals surface area (Å²) < 4.78 is 23.4. The summed E-state index contributed by atoms with van der Waals surface area (Å²) in [5, 5.41) is 13.6. The van der Waals surface area contributed by atoms with Crippen LogP contribution in [-0.2, 0) is 15.4 Å². The summed E-state index contributed by atoms with van der Waals surface area (Å²) in [7, 11) is -3.16. The largest absolute Gasteiger partial charge is 0.384 e. The molecule has 0 bridgehead atoms. The van der Waals surface area contributed by atoms with Gasteiger partial charge in [-0.3, -0.25) is 0 Å². The van der Waals surface area contributed by atoms with Crippen LogP contribution in [0, 0.1) is 0 Å². The summed E-state index contributed by atoms with van der Waals surface area (Å²) in [5.41, 5.74) is -0.0861. The molecule has 0 spiro atoms. The van der Waals surface area contributed by atoms with Crippen LogP contribution >= 0.6 is 0 Å². The van der Waals surface area contributed by atoms with Crippen LogP contribution in [0.15, 0.2) is 29.2 Å². The van der Waals surface area contributed by atoms with E-state index in [0.29, 0.717) is 17.9 Å². The smallest absolute Gasteiger partial charge is 0.178 e. The Balaban J connectivity index is 2.27. The zero-order valence-corrected chi connectivity index (χ0v) is 11.3. The van der Waals surface area contributed by atoms with Crippen molar-refractivity contribution in [3.05, 3.63) is 29.8 Å². The molecule has 0 radical (unpaired) electrons. The first-order chi connectivity index (χ1) is 8.48. The van der Waals surface area contributed by atoms with E-state index in [-0.39, 0.29) is 5.75 Å². The minimum atomic E-state index is -3.16. The fourth-order valence-corrected chi connectivity index (χ4v) is 3.16. The fourth-order valence-electron chi connectivity index (χ4n) is 2.27. The van der Waals surface area contributed by atoms with Gasteiger partial charge in [0.1, 0.15) is 5.60 Å². The van der Waals surface area contributed by atoms with E-state index in [1.807, 2.05) is 0 Å². The van der Waals surface area contributed by atoms with Gasteiger partial charge in [-0.1, -0.05) is 19.1 Å². The van der Waals surface area contributed by atoms with E-state index in [9.17, 15) is 13.5 Å². The molecule has 4 nitrogen and oxygen atoms in total. The molecule has 18 heavy (non-hydrogen) atoms. The van der Waals surface area contributed by atoms with E-state index in [0.717, 1.165) is 18.5 Å². The molecule has 1 atom stereocenters. The van der Waals surface area contributed by atoms with Crippen molar-refractivity contribution in [2.24, 2.45) is 0 Å². The van der Waals surface area contributed by atoms with Gasteiger partial charge in [-0.25, -0.2) is 8.42 Å². The highest BCUT2D eigenvalue weighted by atomic mass is 32.2. The number of β-amino-alcohol motifs (C(OH)–C–C–N with tert-alkyl or cyclic N) is 1. The van der Waals surface area contributed by atoms with Crippen molar-refractivity contribution >= 4 is 9.84 Å². The van der Waals surface area contributed by atoms with Crippen LogP contribution in [0.25, 0.3) is 0 Å². The highest BCUT2D eigenvalue weighted by Gasteiger charge is 2.31. The molecule has 1 aliphatic heterocycles. The summed E-state index contributed by atoms with van der Waals surface area (Å²) >= 11 is 0. The van der Waals surface area contributed by atoms with Gasteiger partial charge < -0.3 is 10.4 Å². The summed E-state index contributed by atoms with van der Waals surface area (Å²) in [6, 6.07) is 6.60. The Hall–Kier alpha value is -0.910. The summed E-state index contributed by atoms with van der Waals surface area (Å²) in [4.78, 5) is 0.320. The van der Waals surface area contributed by atoms with Crippen LogP contribution in [0.1, 0.15) is 25.3 Å². The van der Waals surface area contributed by atoms with Gasteiger partial charge in [-0.05, 0) is 37.1 Å². The van der Waals surface area contributed by atoms with Crippen LogP contribution in [0.5, 0.6) is 0 Å². The van der Waals surface area contributed by atoms with Crippen molar-refractivity contribution in [2.75, 3.05) is 18.8 Å². The molecule has 1 unspecified atom stereocenters. The lowest BCUT2D eigenvalue weighted by Crippen LogP contribution is -2.43. The van der Waals surface area contributed by atoms with Gasteiger partial charge in [0.05, 0.1) is 10.6 Å². The minimum Gasteiger partial charge on any atom is -0.384 e. The first kappa shape index (κ1) is 13.5. The van der Waals surface area contributed by atoms with E-state index < -0.39 is 15.4 Å². The first-order valence-electron chi connectivity index (χ1n) is 6.24. The highest BCUT2D eigenvalue weighted by Crippen LogP contribution is 2.29. The lowest BCUT2D eigenvalue weighted by Gasteiger charge is -2.33. The highest BCUT2D eigenvalue weighted by molar-refractivity contribution is 7.91. The maximum absolute atomic E-state index is 11.7. The summed E-state index contributed by atoms with van der Waals surface area (Å²) in [6.45, 7) is 3.07. The molecule has 0 aliphatic carbocycles. The van der Waals surface area contributed by atoms with Gasteiger partial charge in [0.25, 0.3) is 0 Å². The Morgan fingerprint density at radius 2 is 2.00 bits per heavy atom. The van der Waals surface area contributed by atoms with Crippen molar-refractivity contribution < 1.29 is 13.5 Å². The van der Waals surface area contributed by atoms with E-state index in [2.05, 4.69) is 5.32 Å². The predicted molar refractivity (Wildman–Crippen MR) is 70.2 cm³/mol. The predicted octanol–water partition coefficient (Wildman–Crippen LogP) is 1.05. The second-order valence-corrected chi connectivity index (χ2v) is 7.02. The second kappa shape index (κ2) is 4.99. The van der Waals surface area contributed by atoms with Gasteiger partial charge in [0.2, 0.25) is 0 Å². The molecule has 0 amide bonds. The van der Waals surface area contributed by atoms with Gasteiger partial charge >= 0.3 is 0 Å². The molecule has 1 saturated heterocycles. The average Bonchev–Trinajstić information content (AvgIpc) is 2.40. The van der Waals surface area contributed by atoms with Crippen molar-refractivity contribution in [2.45, 2.75) is 30.3 Å². The quantitative estimate of drug-likeness (QED) is 0.861. The Labute approximate surface area is 108 Å². The van der Waals surface area contributed by atoms with E-state index in [4.69, 9.17) is 0 Å². The molecule has 1 heterocycles. The van der Waals surface area contributed by atoms with E-state index in [1.54, 1.807) is 31.2 Å². The van der Waals surface area contributed by atoms with Crippen molar-refractivity contribution in [1.29, 1.82) is 0 Å². The molecule has 1 aliphatic rings. The van der Waals surface area contributed by atoms with Crippen LogP contribution in [-0.4, -0.2) is 32.4 Å². The molecule has 2 rings (SSSR count). The fraction of sp³-hybridized carbons (Fsp3) is 0.538.